The van der Waals surface area contributed by atoms with Crippen LogP contribution in [0, 0.1) is 5.92 Å². The van der Waals surface area contributed by atoms with E-state index in [0.29, 0.717) is 44.3 Å². The van der Waals surface area contributed by atoms with Crippen molar-refractivity contribution >= 4 is 29.3 Å². The molecule has 0 atom stereocenters. The van der Waals surface area contributed by atoms with Crippen LogP contribution in [0.1, 0.15) is 32.1 Å². The van der Waals surface area contributed by atoms with Gasteiger partial charge in [-0.2, -0.15) is 0 Å². The van der Waals surface area contributed by atoms with Gasteiger partial charge in [-0.05, 0) is 43.9 Å². The van der Waals surface area contributed by atoms with Gasteiger partial charge in [0, 0.05) is 30.4 Å². The van der Waals surface area contributed by atoms with E-state index in [2.05, 4.69) is 10.6 Å². The second-order valence-electron chi connectivity index (χ2n) is 6.33. The third kappa shape index (κ3) is 3.67. The number of anilines is 2. The molecule has 1 saturated heterocycles. The van der Waals surface area contributed by atoms with E-state index in [9.17, 15) is 14.4 Å². The standard InChI is InChI=1S/C17H21N3O4/c21-15-8-9-20(15)14-3-1-2-13(10-14)19-17(24)18-12-6-4-11(5-7-12)16(22)23/h1-3,10-12H,4-9H2,(H,22,23)(H2,18,19,24). The second kappa shape index (κ2) is 6.90. The van der Waals surface area contributed by atoms with Crippen LogP contribution in [-0.4, -0.2) is 35.6 Å². The molecule has 1 heterocycles. The molecule has 2 aliphatic rings. The number of hydrogen-bond acceptors (Lipinski definition) is 3. The Morgan fingerprint density at radius 1 is 1.17 bits per heavy atom. The Bertz CT molecular complexity index is 653. The Labute approximate surface area is 140 Å². The highest BCUT2D eigenvalue weighted by atomic mass is 16.4. The van der Waals surface area contributed by atoms with Crippen molar-refractivity contribution in [3.8, 4) is 0 Å². The first-order valence-corrected chi connectivity index (χ1v) is 8.23. The summed E-state index contributed by atoms with van der Waals surface area (Å²) in [7, 11) is 0. The number of nitrogens with zero attached hydrogens (tertiary/aromatic N) is 1. The number of benzene rings is 1. The molecule has 3 N–H and O–H groups in total. The monoisotopic (exact) mass is 331 g/mol. The maximum absolute atomic E-state index is 12.1. The van der Waals surface area contributed by atoms with Crippen LogP contribution < -0.4 is 15.5 Å². The van der Waals surface area contributed by atoms with E-state index in [0.717, 1.165) is 5.69 Å². The van der Waals surface area contributed by atoms with Crippen LogP contribution in [0.2, 0.25) is 0 Å². The SMILES string of the molecule is O=C(Nc1cccc(N2CCC2=O)c1)NC1CCC(C(=O)O)CC1. The van der Waals surface area contributed by atoms with Crippen LogP contribution in [-0.2, 0) is 9.59 Å². The summed E-state index contributed by atoms with van der Waals surface area (Å²) in [5.74, 6) is -0.959. The molecule has 0 unspecified atom stereocenters. The molecule has 3 amide bonds. The Balaban J connectivity index is 1.51. The fraction of sp³-hybridized carbons (Fsp3) is 0.471. The number of carboxylic acid groups (broad SMARTS) is 1. The maximum Gasteiger partial charge on any atom is 0.319 e. The lowest BCUT2D eigenvalue weighted by Crippen LogP contribution is -2.43. The van der Waals surface area contributed by atoms with Crippen molar-refractivity contribution in [3.05, 3.63) is 24.3 Å². The van der Waals surface area contributed by atoms with Gasteiger partial charge >= 0.3 is 12.0 Å². The van der Waals surface area contributed by atoms with Crippen LogP contribution in [0.3, 0.4) is 0 Å². The van der Waals surface area contributed by atoms with Crippen LogP contribution in [0.5, 0.6) is 0 Å². The third-order valence-electron chi connectivity index (χ3n) is 4.68. The zero-order chi connectivity index (χ0) is 17.1. The lowest BCUT2D eigenvalue weighted by atomic mass is 9.86. The molecule has 3 rings (SSSR count). The van der Waals surface area contributed by atoms with Gasteiger partial charge in [0.05, 0.1) is 5.92 Å². The molecule has 0 aromatic heterocycles. The average Bonchev–Trinajstić information content (AvgIpc) is 2.54. The van der Waals surface area contributed by atoms with Crippen molar-refractivity contribution in [2.45, 2.75) is 38.1 Å². The van der Waals surface area contributed by atoms with E-state index in [1.54, 1.807) is 23.1 Å². The number of carbonyl (C=O) groups is 3. The number of urea groups is 1. The lowest BCUT2D eigenvalue weighted by Gasteiger charge is -2.31. The highest BCUT2D eigenvalue weighted by Crippen LogP contribution is 2.26. The average molecular weight is 331 g/mol. The van der Waals surface area contributed by atoms with Crippen LogP contribution in [0.25, 0.3) is 0 Å². The minimum Gasteiger partial charge on any atom is -0.481 e. The highest BCUT2D eigenvalue weighted by Gasteiger charge is 2.27. The van der Waals surface area contributed by atoms with Gasteiger partial charge in [-0.1, -0.05) is 6.07 Å². The van der Waals surface area contributed by atoms with Gasteiger partial charge < -0.3 is 20.6 Å². The Morgan fingerprint density at radius 3 is 2.50 bits per heavy atom. The first kappa shape index (κ1) is 16.3. The summed E-state index contributed by atoms with van der Waals surface area (Å²) in [6.45, 7) is 0.710. The van der Waals surface area contributed by atoms with Crippen LogP contribution in [0.15, 0.2) is 24.3 Å². The van der Waals surface area contributed by atoms with Crippen molar-refractivity contribution in [2.75, 3.05) is 16.8 Å². The number of β-lactam (4-membered cyclic amide) rings is 1. The van der Waals surface area contributed by atoms with E-state index >= 15 is 0 Å². The molecular weight excluding hydrogens is 310 g/mol. The van der Waals surface area contributed by atoms with Gasteiger partial charge in [-0.3, -0.25) is 9.59 Å². The summed E-state index contributed by atoms with van der Waals surface area (Å²) in [5.41, 5.74) is 1.41. The number of hydrogen-bond donors (Lipinski definition) is 3. The van der Waals surface area contributed by atoms with Crippen molar-refractivity contribution in [2.24, 2.45) is 5.92 Å². The molecule has 0 spiro atoms. The predicted molar refractivity (Wildman–Crippen MR) is 88.9 cm³/mol. The quantitative estimate of drug-likeness (QED) is 0.737. The van der Waals surface area contributed by atoms with Crippen molar-refractivity contribution in [1.29, 1.82) is 0 Å². The largest absolute Gasteiger partial charge is 0.481 e. The number of amides is 3. The third-order valence-corrected chi connectivity index (χ3v) is 4.68. The topological polar surface area (TPSA) is 98.7 Å². The summed E-state index contributed by atoms with van der Waals surface area (Å²) in [5, 5.41) is 14.7. The Morgan fingerprint density at radius 2 is 1.92 bits per heavy atom. The fourth-order valence-corrected chi connectivity index (χ4v) is 3.18. The first-order valence-electron chi connectivity index (χ1n) is 8.23. The molecule has 0 bridgehead atoms. The zero-order valence-electron chi connectivity index (χ0n) is 13.3. The number of rotatable bonds is 4. The first-order chi connectivity index (χ1) is 11.5. The molecule has 1 saturated carbocycles. The van der Waals surface area contributed by atoms with E-state index in [-0.39, 0.29) is 23.9 Å². The fourth-order valence-electron chi connectivity index (χ4n) is 3.18. The van der Waals surface area contributed by atoms with E-state index in [4.69, 9.17) is 5.11 Å². The van der Waals surface area contributed by atoms with Crippen LogP contribution >= 0.6 is 0 Å². The molecule has 2 fully saturated rings. The van der Waals surface area contributed by atoms with Gasteiger partial charge in [0.15, 0.2) is 0 Å². The van der Waals surface area contributed by atoms with E-state index in [1.807, 2.05) is 6.07 Å². The van der Waals surface area contributed by atoms with Crippen molar-refractivity contribution < 1.29 is 19.5 Å². The molecule has 24 heavy (non-hydrogen) atoms. The summed E-state index contributed by atoms with van der Waals surface area (Å²) in [6.07, 6.45) is 3.09. The predicted octanol–water partition coefficient (Wildman–Crippen LogP) is 2.19. The molecule has 1 aromatic carbocycles. The van der Waals surface area contributed by atoms with Gasteiger partial charge in [-0.25, -0.2) is 4.79 Å². The Kier molecular flexibility index (Phi) is 4.69. The molecule has 0 radical (unpaired) electrons. The summed E-state index contributed by atoms with van der Waals surface area (Å²) >= 11 is 0. The highest BCUT2D eigenvalue weighted by molar-refractivity contribution is 6.00. The Hall–Kier alpha value is -2.57. The summed E-state index contributed by atoms with van der Waals surface area (Å²) in [6, 6.07) is 6.88. The van der Waals surface area contributed by atoms with Gasteiger partial charge in [0.25, 0.3) is 0 Å². The maximum atomic E-state index is 12.1. The minimum atomic E-state index is -0.754. The van der Waals surface area contributed by atoms with Crippen molar-refractivity contribution in [3.63, 3.8) is 0 Å². The number of carboxylic acids is 1. The second-order valence-corrected chi connectivity index (χ2v) is 6.33. The molecule has 1 aliphatic carbocycles. The molecule has 1 aromatic rings. The summed E-state index contributed by atoms with van der Waals surface area (Å²) in [4.78, 5) is 36.2. The number of nitrogens with one attached hydrogen (secondary N) is 2. The molecule has 128 valence electrons. The lowest BCUT2D eigenvalue weighted by molar-refractivity contribution is -0.142. The van der Waals surface area contributed by atoms with Crippen LogP contribution in [0.4, 0.5) is 16.2 Å². The summed E-state index contributed by atoms with van der Waals surface area (Å²) < 4.78 is 0. The molecular formula is C17H21N3O4. The molecule has 7 nitrogen and oxygen atoms in total. The smallest absolute Gasteiger partial charge is 0.319 e. The van der Waals surface area contributed by atoms with E-state index in [1.165, 1.54) is 0 Å². The molecule has 1 aliphatic heterocycles. The zero-order valence-corrected chi connectivity index (χ0v) is 13.3. The molecule has 7 heteroatoms. The van der Waals surface area contributed by atoms with Gasteiger partial charge in [0.1, 0.15) is 0 Å². The number of aliphatic carboxylic acids is 1. The van der Waals surface area contributed by atoms with Gasteiger partial charge in [-0.15, -0.1) is 0 Å². The number of carbonyl (C=O) groups excluding carboxylic acids is 2. The normalized spacial score (nSPS) is 23.3. The van der Waals surface area contributed by atoms with Gasteiger partial charge in [0.2, 0.25) is 5.91 Å². The van der Waals surface area contributed by atoms with Crippen molar-refractivity contribution in [1.82, 2.24) is 5.32 Å². The van der Waals surface area contributed by atoms with E-state index < -0.39 is 5.97 Å². The minimum absolute atomic E-state index is 0.000688.